The van der Waals surface area contributed by atoms with Crippen LogP contribution in [0.5, 0.6) is 11.5 Å². The number of carbonyl (C=O) groups excluding carboxylic acids is 4. The molecule has 2 saturated heterocycles. The van der Waals surface area contributed by atoms with E-state index in [2.05, 4.69) is 15.9 Å². The van der Waals surface area contributed by atoms with Gasteiger partial charge in [0.2, 0.25) is 23.6 Å². The predicted molar refractivity (Wildman–Crippen MR) is 219 cm³/mol. The Balaban J connectivity index is 1.16. The average Bonchev–Trinajstić information content (AvgIpc) is 3.86. The minimum atomic E-state index is -1.30. The Labute approximate surface area is 340 Å². The Bertz CT molecular complexity index is 2580. The van der Waals surface area contributed by atoms with E-state index < -0.39 is 35.0 Å². The third kappa shape index (κ3) is 5.14. The number of aromatic hydroxyl groups is 1. The largest absolute Gasteiger partial charge is 0.503 e. The summed E-state index contributed by atoms with van der Waals surface area (Å²) in [5.41, 5.74) is 3.43. The molecule has 10 nitrogen and oxygen atoms in total. The Hall–Kier alpha value is -4.78. The number of halogens is 2. The van der Waals surface area contributed by atoms with Gasteiger partial charge in [-0.25, -0.2) is 4.90 Å². The number of nitrogens with zero attached hydrogens (tertiary/aromatic N) is 4. The summed E-state index contributed by atoms with van der Waals surface area (Å²) in [4.78, 5) is 62.3. The molecule has 3 aromatic carbocycles. The Morgan fingerprint density at radius 2 is 1.75 bits per heavy atom. The highest BCUT2D eigenvalue weighted by Gasteiger charge is 2.68. The number of hydrogen-bond donors (Lipinski definition) is 1. The second-order valence-electron chi connectivity index (χ2n) is 15.5. The van der Waals surface area contributed by atoms with Gasteiger partial charge in [0, 0.05) is 28.8 Å². The molecule has 4 heterocycles. The normalized spacial score (nSPS) is 25.8. The number of benzene rings is 3. The lowest BCUT2D eigenvalue weighted by atomic mass is 9.51. The van der Waals surface area contributed by atoms with E-state index in [1.165, 1.54) is 16.9 Å². The van der Waals surface area contributed by atoms with Crippen LogP contribution in [0.3, 0.4) is 0 Å². The molecule has 4 amide bonds. The summed E-state index contributed by atoms with van der Waals surface area (Å²) >= 11 is 11.4. The number of rotatable bonds is 6. The number of anilines is 2. The summed E-state index contributed by atoms with van der Waals surface area (Å²) in [6.07, 6.45) is 3.36. The van der Waals surface area contributed by atoms with Crippen molar-refractivity contribution in [2.45, 2.75) is 46.0 Å². The molecule has 2 aromatic heterocycles. The fourth-order valence-corrected chi connectivity index (χ4v) is 11.7. The highest BCUT2D eigenvalue weighted by molar-refractivity contribution is 9.10. The number of carbonyl (C=O) groups is 4. The molecule has 2 aliphatic carbocycles. The number of phenols is 1. The molecule has 4 aliphatic rings. The SMILES string of the molecule is CCc1ccc(N2C(=O)[C@H]3[C@H](CC=C4[C@H]3C[C@H]3C(=O)N(c5cc(-c6sc7ccc(Cl)cc7c6C)nn5C)C(=O)[C@@]3(C)[C@H]4c3cc(Br)c(O)c(OC)c3)C2=O)cc1. The fourth-order valence-electron chi connectivity index (χ4n) is 9.88. The second kappa shape index (κ2) is 13.1. The predicted octanol–water partition coefficient (Wildman–Crippen LogP) is 8.74. The first-order valence-electron chi connectivity index (χ1n) is 18.6. The van der Waals surface area contributed by atoms with Crippen LogP contribution in [-0.2, 0) is 32.6 Å². The summed E-state index contributed by atoms with van der Waals surface area (Å²) in [5, 5.41) is 17.3. The van der Waals surface area contributed by atoms with Gasteiger partial charge in [-0.05, 0) is 119 Å². The minimum absolute atomic E-state index is 0.0963. The molecule has 0 unspecified atom stereocenters. The van der Waals surface area contributed by atoms with Gasteiger partial charge in [0.25, 0.3) is 0 Å². The van der Waals surface area contributed by atoms with E-state index in [1.807, 2.05) is 69.3 Å². The first kappa shape index (κ1) is 36.8. The van der Waals surface area contributed by atoms with Crippen LogP contribution in [0.25, 0.3) is 20.7 Å². The van der Waals surface area contributed by atoms with Gasteiger partial charge < -0.3 is 9.84 Å². The number of aromatic nitrogens is 2. The maximum absolute atomic E-state index is 15.2. The van der Waals surface area contributed by atoms with Gasteiger partial charge in [-0.1, -0.05) is 42.3 Å². The number of imide groups is 2. The van der Waals surface area contributed by atoms with Gasteiger partial charge in [-0.15, -0.1) is 11.3 Å². The number of methoxy groups -OCH3 is 1. The third-order valence-corrected chi connectivity index (χ3v) is 14.8. The van der Waals surface area contributed by atoms with E-state index >= 15 is 4.79 Å². The molecule has 6 atom stereocenters. The van der Waals surface area contributed by atoms with Gasteiger partial charge in [-0.2, -0.15) is 5.10 Å². The number of allylic oxidation sites excluding steroid dienone is 2. The molecule has 1 N–H and O–H groups in total. The molecule has 1 saturated carbocycles. The van der Waals surface area contributed by atoms with Gasteiger partial charge in [-0.3, -0.25) is 28.8 Å². The van der Waals surface area contributed by atoms with Crippen molar-refractivity contribution in [2.75, 3.05) is 16.9 Å². The highest BCUT2D eigenvalue weighted by Crippen LogP contribution is 2.64. The maximum atomic E-state index is 15.2. The van der Waals surface area contributed by atoms with Crippen LogP contribution in [0, 0.1) is 36.0 Å². The van der Waals surface area contributed by atoms with E-state index in [-0.39, 0.29) is 41.5 Å². The van der Waals surface area contributed by atoms with Gasteiger partial charge in [0.15, 0.2) is 11.5 Å². The average molecular weight is 854 g/mol. The van der Waals surface area contributed by atoms with Crippen LogP contribution in [0.2, 0.25) is 5.02 Å². The first-order valence-corrected chi connectivity index (χ1v) is 20.6. The minimum Gasteiger partial charge on any atom is -0.503 e. The molecular formula is C43H38BrClN4O6S. The number of phenolic OH excluding ortho intramolecular Hbond substituents is 1. The van der Waals surface area contributed by atoms with E-state index in [4.69, 9.17) is 21.4 Å². The maximum Gasteiger partial charge on any atom is 0.242 e. The summed E-state index contributed by atoms with van der Waals surface area (Å²) in [7, 11) is 3.17. The lowest BCUT2D eigenvalue weighted by molar-refractivity contribution is -0.131. The lowest BCUT2D eigenvalue weighted by Gasteiger charge is -2.49. The summed E-state index contributed by atoms with van der Waals surface area (Å²) in [6, 6.07) is 18.5. The van der Waals surface area contributed by atoms with Crippen molar-refractivity contribution in [1.82, 2.24) is 9.78 Å². The van der Waals surface area contributed by atoms with Gasteiger partial charge in [0.1, 0.15) is 11.5 Å². The second-order valence-corrected chi connectivity index (χ2v) is 17.8. The number of amides is 4. The summed E-state index contributed by atoms with van der Waals surface area (Å²) in [6.45, 7) is 5.89. The van der Waals surface area contributed by atoms with Crippen molar-refractivity contribution in [2.24, 2.45) is 36.1 Å². The summed E-state index contributed by atoms with van der Waals surface area (Å²) in [5.74, 6) is -4.23. The molecule has 56 heavy (non-hydrogen) atoms. The van der Waals surface area contributed by atoms with E-state index in [0.29, 0.717) is 38.7 Å². The number of fused-ring (bicyclic) bond motifs is 5. The van der Waals surface area contributed by atoms with Gasteiger partial charge in [0.05, 0.1) is 45.3 Å². The highest BCUT2D eigenvalue weighted by atomic mass is 79.9. The molecule has 13 heteroatoms. The van der Waals surface area contributed by atoms with Crippen molar-refractivity contribution in [3.63, 3.8) is 0 Å². The van der Waals surface area contributed by atoms with Crippen molar-refractivity contribution < 1.29 is 29.0 Å². The zero-order chi connectivity index (χ0) is 39.5. The molecule has 0 bridgehead atoms. The van der Waals surface area contributed by atoms with Crippen molar-refractivity contribution in [3.05, 3.63) is 98.5 Å². The molecule has 0 spiro atoms. The van der Waals surface area contributed by atoms with Gasteiger partial charge >= 0.3 is 0 Å². The quantitative estimate of drug-likeness (QED) is 0.134. The fraction of sp³-hybridized carbons (Fsp3) is 0.326. The Morgan fingerprint density at radius 1 is 1.00 bits per heavy atom. The lowest BCUT2D eigenvalue weighted by Crippen LogP contribution is -2.49. The molecule has 5 aromatic rings. The smallest absolute Gasteiger partial charge is 0.242 e. The van der Waals surface area contributed by atoms with Crippen molar-refractivity contribution in [3.8, 4) is 22.1 Å². The number of thiophene rings is 1. The molecule has 0 radical (unpaired) electrons. The van der Waals surface area contributed by atoms with E-state index in [1.54, 1.807) is 41.3 Å². The summed E-state index contributed by atoms with van der Waals surface area (Å²) < 4.78 is 8.55. The standard InChI is InChI=1S/C43H38BrClN4O6S/c1-6-21-7-10-24(11-8-21)48-39(51)26-13-12-25-28(35(26)41(48)53)18-29-40(52)49(42(54)43(29,3)36(25)22-15-30(44)37(50)32(16-22)55-5)34-19-31(46-47(34)4)38-20(2)27-17-23(45)9-14-33(27)56-38/h7-12,14-17,19,26,28-29,35-36,50H,6,13,18H2,1-5H3/t26-,28+,29-,35-,36-,43+/m0/s1. The van der Waals surface area contributed by atoms with E-state index in [9.17, 15) is 19.5 Å². The number of aryl methyl sites for hydroxylation is 3. The molecular weight excluding hydrogens is 816 g/mol. The zero-order valence-corrected chi connectivity index (χ0v) is 34.5. The van der Waals surface area contributed by atoms with Crippen molar-refractivity contribution >= 4 is 84.1 Å². The number of hydrogen-bond acceptors (Lipinski definition) is 8. The monoisotopic (exact) mass is 852 g/mol. The molecule has 3 fully saturated rings. The van der Waals surface area contributed by atoms with Crippen LogP contribution in [-0.4, -0.2) is 45.6 Å². The number of ether oxygens (including phenoxy) is 1. The van der Waals surface area contributed by atoms with Crippen molar-refractivity contribution in [1.29, 1.82) is 0 Å². The Kier molecular flexibility index (Phi) is 8.64. The molecule has 9 rings (SSSR count). The first-order chi connectivity index (χ1) is 26.8. The molecule has 2 aliphatic heterocycles. The van der Waals surface area contributed by atoms with Crippen LogP contribution >= 0.6 is 38.9 Å². The third-order valence-electron chi connectivity index (χ3n) is 12.7. The van der Waals surface area contributed by atoms with Crippen LogP contribution in [0.15, 0.2) is 76.8 Å². The topological polar surface area (TPSA) is 122 Å². The Morgan fingerprint density at radius 3 is 2.46 bits per heavy atom. The zero-order valence-electron chi connectivity index (χ0n) is 31.3. The van der Waals surface area contributed by atoms with Crippen LogP contribution < -0.4 is 14.5 Å². The van der Waals surface area contributed by atoms with E-state index in [0.717, 1.165) is 38.1 Å². The van der Waals surface area contributed by atoms with Crippen LogP contribution in [0.1, 0.15) is 49.3 Å². The van der Waals surface area contributed by atoms with Crippen LogP contribution in [0.4, 0.5) is 11.5 Å². The molecule has 286 valence electrons.